The number of amides is 1. The number of carbonyl (C=O) groups excluding carboxylic acids is 1. The molecule has 1 amide bonds. The fraction of sp³-hybridized carbons (Fsp3) is 0.200. The van der Waals surface area contributed by atoms with Crippen LogP contribution in [-0.2, 0) is 6.42 Å². The maximum atomic E-state index is 12.3. The maximum absolute atomic E-state index is 12.3. The Hall–Kier alpha value is -2.59. The van der Waals surface area contributed by atoms with Crippen LogP contribution < -0.4 is 10.9 Å². The zero-order valence-electron chi connectivity index (χ0n) is 14.2. The van der Waals surface area contributed by atoms with Crippen molar-refractivity contribution in [2.24, 2.45) is 0 Å². The zero-order valence-corrected chi connectivity index (χ0v) is 14.9. The normalized spacial score (nSPS) is 10.8. The lowest BCUT2D eigenvalue weighted by Gasteiger charge is -2.08. The molecule has 0 aliphatic heterocycles. The average molecular weight is 355 g/mol. The lowest BCUT2D eigenvalue weighted by atomic mass is 10.0. The van der Waals surface area contributed by atoms with Gasteiger partial charge in [-0.25, -0.2) is 0 Å². The molecule has 0 fully saturated rings. The van der Waals surface area contributed by atoms with E-state index in [2.05, 4.69) is 16.4 Å². The molecule has 128 valence electrons. The summed E-state index contributed by atoms with van der Waals surface area (Å²) >= 11 is 5.90. The second kappa shape index (κ2) is 7.11. The molecule has 0 atom stereocenters. The average Bonchev–Trinajstić information content (AvgIpc) is 2.55. The zero-order chi connectivity index (χ0) is 18.0. The molecule has 0 saturated heterocycles. The van der Waals surface area contributed by atoms with Crippen LogP contribution in [0, 0.1) is 13.8 Å². The third-order valence-corrected chi connectivity index (χ3v) is 4.39. The highest BCUT2D eigenvalue weighted by Gasteiger charge is 2.08. The van der Waals surface area contributed by atoms with Crippen molar-refractivity contribution in [3.63, 3.8) is 0 Å². The van der Waals surface area contributed by atoms with Gasteiger partial charge in [0, 0.05) is 33.6 Å². The first-order chi connectivity index (χ1) is 11.9. The van der Waals surface area contributed by atoms with Gasteiger partial charge in [-0.05, 0) is 61.7 Å². The Morgan fingerprint density at radius 2 is 1.96 bits per heavy atom. The van der Waals surface area contributed by atoms with E-state index < -0.39 is 0 Å². The van der Waals surface area contributed by atoms with Gasteiger partial charge in [0.2, 0.25) is 0 Å². The van der Waals surface area contributed by atoms with E-state index in [-0.39, 0.29) is 11.5 Å². The number of pyridine rings is 1. The highest BCUT2D eigenvalue weighted by molar-refractivity contribution is 6.30. The molecule has 0 radical (unpaired) electrons. The van der Waals surface area contributed by atoms with Crippen LogP contribution in [0.1, 0.15) is 27.0 Å². The topological polar surface area (TPSA) is 62.0 Å². The van der Waals surface area contributed by atoms with Crippen LogP contribution in [0.15, 0.2) is 47.3 Å². The van der Waals surface area contributed by atoms with Crippen LogP contribution in [0.2, 0.25) is 5.02 Å². The first-order valence-corrected chi connectivity index (χ1v) is 8.49. The number of rotatable bonds is 4. The van der Waals surface area contributed by atoms with Gasteiger partial charge in [0.1, 0.15) is 0 Å². The largest absolute Gasteiger partial charge is 0.352 e. The van der Waals surface area contributed by atoms with Crippen molar-refractivity contribution in [2.45, 2.75) is 20.3 Å². The molecule has 3 aromatic rings. The maximum Gasteiger partial charge on any atom is 0.251 e. The molecular weight excluding hydrogens is 336 g/mol. The van der Waals surface area contributed by atoms with Gasteiger partial charge in [0.25, 0.3) is 11.5 Å². The van der Waals surface area contributed by atoms with E-state index in [4.69, 9.17) is 11.6 Å². The van der Waals surface area contributed by atoms with Gasteiger partial charge >= 0.3 is 0 Å². The van der Waals surface area contributed by atoms with E-state index in [1.165, 1.54) is 0 Å². The van der Waals surface area contributed by atoms with E-state index in [0.29, 0.717) is 29.1 Å². The monoisotopic (exact) mass is 354 g/mol. The van der Waals surface area contributed by atoms with Crippen molar-refractivity contribution in [3.05, 3.63) is 80.1 Å². The Bertz CT molecular complexity index is 1010. The van der Waals surface area contributed by atoms with Crippen LogP contribution in [-0.4, -0.2) is 17.4 Å². The van der Waals surface area contributed by atoms with Gasteiger partial charge in [0.15, 0.2) is 0 Å². The van der Waals surface area contributed by atoms with Gasteiger partial charge in [-0.3, -0.25) is 9.59 Å². The van der Waals surface area contributed by atoms with E-state index in [9.17, 15) is 9.59 Å². The number of carbonyl (C=O) groups is 1. The number of hydrogen-bond donors (Lipinski definition) is 2. The third kappa shape index (κ3) is 3.91. The Balaban J connectivity index is 1.74. The number of hydrogen-bond acceptors (Lipinski definition) is 2. The Morgan fingerprint density at radius 3 is 2.72 bits per heavy atom. The van der Waals surface area contributed by atoms with E-state index >= 15 is 0 Å². The number of nitrogens with one attached hydrogen (secondary N) is 2. The number of aromatic amines is 1. The summed E-state index contributed by atoms with van der Waals surface area (Å²) in [5.74, 6) is -0.202. The Morgan fingerprint density at radius 1 is 1.16 bits per heavy atom. The van der Waals surface area contributed by atoms with Crippen LogP contribution in [0.3, 0.4) is 0 Å². The third-order valence-electron chi connectivity index (χ3n) is 4.16. The van der Waals surface area contributed by atoms with Crippen LogP contribution >= 0.6 is 11.6 Å². The van der Waals surface area contributed by atoms with Crippen LogP contribution in [0.25, 0.3) is 10.9 Å². The summed E-state index contributed by atoms with van der Waals surface area (Å²) in [7, 11) is 0. The summed E-state index contributed by atoms with van der Waals surface area (Å²) in [5, 5.41) is 4.37. The molecule has 0 unspecified atom stereocenters. The summed E-state index contributed by atoms with van der Waals surface area (Å²) in [5.41, 5.74) is 4.12. The quantitative estimate of drug-likeness (QED) is 0.749. The van der Waals surface area contributed by atoms with E-state index in [1.54, 1.807) is 24.3 Å². The number of fused-ring (bicyclic) bond motifs is 1. The molecule has 1 heterocycles. The van der Waals surface area contributed by atoms with Gasteiger partial charge in [-0.1, -0.05) is 23.7 Å². The fourth-order valence-corrected chi connectivity index (χ4v) is 3.13. The molecule has 1 aromatic heterocycles. The van der Waals surface area contributed by atoms with Crippen molar-refractivity contribution in [3.8, 4) is 0 Å². The molecule has 0 aliphatic carbocycles. The van der Waals surface area contributed by atoms with Crippen molar-refractivity contribution < 1.29 is 4.79 Å². The minimum absolute atomic E-state index is 0.116. The first-order valence-electron chi connectivity index (χ1n) is 8.11. The summed E-state index contributed by atoms with van der Waals surface area (Å²) in [6.07, 6.45) is 0.463. The molecular formula is C20H19ClN2O2. The number of benzene rings is 2. The second-order valence-corrected chi connectivity index (χ2v) is 6.62. The lowest BCUT2D eigenvalue weighted by molar-refractivity contribution is 0.0954. The molecule has 4 nitrogen and oxygen atoms in total. The lowest BCUT2D eigenvalue weighted by Crippen LogP contribution is -2.27. The number of aromatic nitrogens is 1. The Labute approximate surface area is 150 Å². The molecule has 3 rings (SSSR count). The van der Waals surface area contributed by atoms with E-state index in [0.717, 1.165) is 22.0 Å². The predicted octanol–water partition coefficient (Wildman–Crippen LogP) is 3.77. The molecule has 0 spiro atoms. The van der Waals surface area contributed by atoms with Crippen molar-refractivity contribution in [1.82, 2.24) is 10.3 Å². The first kappa shape index (κ1) is 17.2. The van der Waals surface area contributed by atoms with Gasteiger partial charge in [-0.15, -0.1) is 0 Å². The molecule has 0 aliphatic rings. The fourth-order valence-electron chi connectivity index (χ4n) is 2.94. The highest BCUT2D eigenvalue weighted by atomic mass is 35.5. The molecule has 25 heavy (non-hydrogen) atoms. The molecule has 0 saturated carbocycles. The minimum Gasteiger partial charge on any atom is -0.352 e. The molecule has 2 N–H and O–H groups in total. The van der Waals surface area contributed by atoms with Crippen molar-refractivity contribution >= 4 is 28.4 Å². The van der Waals surface area contributed by atoms with Crippen molar-refractivity contribution in [1.29, 1.82) is 0 Å². The van der Waals surface area contributed by atoms with Crippen LogP contribution in [0.5, 0.6) is 0 Å². The molecule has 0 bridgehead atoms. The standard InChI is InChI=1S/C20H19ClN2O2/c1-12-8-13(2)17-11-15(20(25)23-18(17)9-12)6-7-22-19(24)14-4-3-5-16(21)10-14/h3-5,8-11H,6-7H2,1-2H3,(H,22,24)(H,23,25). The molecule has 2 aromatic carbocycles. The van der Waals surface area contributed by atoms with Gasteiger partial charge < -0.3 is 10.3 Å². The van der Waals surface area contributed by atoms with Gasteiger partial charge in [0.05, 0.1) is 0 Å². The van der Waals surface area contributed by atoms with Crippen molar-refractivity contribution in [2.75, 3.05) is 6.54 Å². The summed E-state index contributed by atoms with van der Waals surface area (Å²) in [4.78, 5) is 27.3. The summed E-state index contributed by atoms with van der Waals surface area (Å²) in [6.45, 7) is 4.41. The summed E-state index contributed by atoms with van der Waals surface area (Å²) < 4.78 is 0. The van der Waals surface area contributed by atoms with Gasteiger partial charge in [-0.2, -0.15) is 0 Å². The van der Waals surface area contributed by atoms with Crippen LogP contribution in [0.4, 0.5) is 0 Å². The Kier molecular flexibility index (Phi) is 4.91. The predicted molar refractivity (Wildman–Crippen MR) is 102 cm³/mol. The number of halogens is 1. The SMILES string of the molecule is Cc1cc(C)c2cc(CCNC(=O)c3cccc(Cl)c3)c(=O)[nH]c2c1. The summed E-state index contributed by atoms with van der Waals surface area (Å²) in [6, 6.07) is 12.7. The molecule has 5 heteroatoms. The highest BCUT2D eigenvalue weighted by Crippen LogP contribution is 2.18. The smallest absolute Gasteiger partial charge is 0.251 e. The number of aryl methyl sites for hydroxylation is 2. The van der Waals surface area contributed by atoms with E-state index in [1.807, 2.05) is 26.0 Å². The number of H-pyrrole nitrogens is 1. The minimum atomic E-state index is -0.202. The second-order valence-electron chi connectivity index (χ2n) is 6.18.